The Hall–Kier alpha value is -2.67. The molecular weight excluding hydrogens is 302 g/mol. The summed E-state index contributed by atoms with van der Waals surface area (Å²) in [5.74, 6) is -0.251. The number of hydrogen-bond donors (Lipinski definition) is 2. The number of benzene rings is 2. The van der Waals surface area contributed by atoms with E-state index in [0.29, 0.717) is 5.69 Å². The highest BCUT2D eigenvalue weighted by molar-refractivity contribution is 8.08. The maximum absolute atomic E-state index is 12.2. The number of aliphatic imine (C=N–C) groups is 1. The molecule has 0 atom stereocenters. The largest absolute Gasteiger partial charge is 0.317 e. The predicted octanol–water partition coefficient (Wildman–Crippen LogP) is 1.96. The van der Waals surface area contributed by atoms with Crippen molar-refractivity contribution in [2.45, 2.75) is 11.8 Å². The summed E-state index contributed by atoms with van der Waals surface area (Å²) in [5, 5.41) is -1.05. The second-order valence-corrected chi connectivity index (χ2v) is 6.65. The summed E-state index contributed by atoms with van der Waals surface area (Å²) < 4.78 is 24.3. The first-order chi connectivity index (χ1) is 10.5. The number of para-hydroxylation sites is 1. The minimum atomic E-state index is -4.05. The molecule has 6 nitrogen and oxygen atoms in total. The van der Waals surface area contributed by atoms with Crippen LogP contribution in [-0.4, -0.2) is 19.4 Å². The number of aryl methyl sites for hydroxylation is 1. The van der Waals surface area contributed by atoms with E-state index >= 15 is 0 Å². The molecule has 1 aliphatic rings. The third-order valence-electron chi connectivity index (χ3n) is 3.20. The van der Waals surface area contributed by atoms with E-state index in [2.05, 4.69) is 15.8 Å². The molecule has 0 radical (unpaired) electrons. The zero-order valence-corrected chi connectivity index (χ0v) is 12.5. The van der Waals surface area contributed by atoms with Gasteiger partial charge in [0, 0.05) is 0 Å². The smallest absolute Gasteiger partial charge is 0.300 e. The Morgan fingerprint density at radius 1 is 0.955 bits per heavy atom. The van der Waals surface area contributed by atoms with E-state index in [1.807, 2.05) is 19.1 Å². The van der Waals surface area contributed by atoms with E-state index in [9.17, 15) is 13.2 Å². The van der Waals surface area contributed by atoms with Gasteiger partial charge in [-0.25, -0.2) is 13.4 Å². The predicted molar refractivity (Wildman–Crippen MR) is 83.7 cm³/mol. The van der Waals surface area contributed by atoms with Crippen LogP contribution in [0.15, 0.2) is 58.4 Å². The van der Waals surface area contributed by atoms with Gasteiger partial charge in [-0.15, -0.1) is 0 Å². The normalized spacial score (nSPS) is 15.7. The third-order valence-corrected chi connectivity index (χ3v) is 4.81. The highest BCUT2D eigenvalue weighted by Crippen LogP contribution is 2.29. The number of hydrazine groups is 1. The van der Waals surface area contributed by atoms with E-state index in [1.165, 1.54) is 6.07 Å². The number of carbonyl (C=O) groups excluding carboxylic acids is 1. The number of fused-ring (bicyclic) bond motifs is 1. The molecule has 0 aliphatic carbocycles. The Kier molecular flexibility index (Phi) is 3.42. The van der Waals surface area contributed by atoms with Crippen LogP contribution in [0.3, 0.4) is 0 Å². The number of hydrogen-bond acceptors (Lipinski definition) is 6. The lowest BCUT2D eigenvalue weighted by Gasteiger charge is -2.16. The number of anilines is 1. The molecule has 1 heterocycles. The van der Waals surface area contributed by atoms with E-state index < -0.39 is 15.0 Å². The van der Waals surface area contributed by atoms with Gasteiger partial charge in [-0.1, -0.05) is 29.8 Å². The standard InChI is InChI=1S/C15H13N3O3S/c1-10-6-8-11(9-7-10)17-18-14-15(19)22(20,21)13-5-3-2-4-12(13)16-14/h2-9,17H,1H3,(H,16,18). The van der Waals surface area contributed by atoms with Crippen molar-refractivity contribution in [2.75, 3.05) is 5.43 Å². The summed E-state index contributed by atoms with van der Waals surface area (Å²) in [6.07, 6.45) is 0. The van der Waals surface area contributed by atoms with Crippen molar-refractivity contribution in [1.82, 2.24) is 5.43 Å². The van der Waals surface area contributed by atoms with Gasteiger partial charge in [0.25, 0.3) is 0 Å². The second kappa shape index (κ2) is 5.27. The molecule has 112 valence electrons. The van der Waals surface area contributed by atoms with Crippen LogP contribution in [0.2, 0.25) is 0 Å². The highest BCUT2D eigenvalue weighted by atomic mass is 32.2. The lowest BCUT2D eigenvalue weighted by atomic mass is 10.2. The first-order valence-electron chi connectivity index (χ1n) is 6.54. The number of amidine groups is 1. The lowest BCUT2D eigenvalue weighted by Crippen LogP contribution is -2.40. The fraction of sp³-hybridized carbons (Fsp3) is 0.0667. The zero-order valence-electron chi connectivity index (χ0n) is 11.7. The average molecular weight is 315 g/mol. The molecule has 0 unspecified atom stereocenters. The van der Waals surface area contributed by atoms with E-state index in [4.69, 9.17) is 0 Å². The second-order valence-electron chi connectivity index (χ2n) is 4.84. The van der Waals surface area contributed by atoms with Gasteiger partial charge in [0.05, 0.1) is 11.4 Å². The number of rotatable bonds is 2. The van der Waals surface area contributed by atoms with E-state index in [0.717, 1.165) is 5.56 Å². The molecule has 0 aromatic heterocycles. The molecule has 0 amide bonds. The molecular formula is C15H13N3O3S. The Labute approximate surface area is 127 Å². The van der Waals surface area contributed by atoms with Crippen LogP contribution in [0.1, 0.15) is 5.56 Å². The van der Waals surface area contributed by atoms with Crippen molar-refractivity contribution in [3.8, 4) is 0 Å². The van der Waals surface area contributed by atoms with Gasteiger partial charge in [-0.2, -0.15) is 0 Å². The number of carbonyl (C=O) groups is 1. The van der Waals surface area contributed by atoms with Gasteiger partial charge >= 0.3 is 5.12 Å². The van der Waals surface area contributed by atoms with Crippen LogP contribution < -0.4 is 10.9 Å². The molecule has 3 rings (SSSR count). The van der Waals surface area contributed by atoms with E-state index in [-0.39, 0.29) is 16.4 Å². The first kappa shape index (κ1) is 14.3. The van der Waals surface area contributed by atoms with Crippen LogP contribution in [0.4, 0.5) is 11.4 Å². The Morgan fingerprint density at radius 3 is 2.36 bits per heavy atom. The minimum absolute atomic E-state index is 0.0686. The number of nitrogens with zero attached hydrogens (tertiary/aromatic N) is 1. The Morgan fingerprint density at radius 2 is 1.64 bits per heavy atom. The van der Waals surface area contributed by atoms with Crippen molar-refractivity contribution in [3.05, 3.63) is 54.1 Å². The molecule has 0 bridgehead atoms. The summed E-state index contributed by atoms with van der Waals surface area (Å²) in [6, 6.07) is 13.5. The molecule has 2 aromatic rings. The maximum atomic E-state index is 12.2. The van der Waals surface area contributed by atoms with Gasteiger partial charge in [0.1, 0.15) is 4.90 Å². The molecule has 2 N–H and O–H groups in total. The fourth-order valence-corrected chi connectivity index (χ4v) is 3.21. The Bertz CT molecular complexity index is 871. The van der Waals surface area contributed by atoms with Crippen LogP contribution >= 0.6 is 0 Å². The van der Waals surface area contributed by atoms with Gasteiger partial charge in [-0.3, -0.25) is 15.6 Å². The average Bonchev–Trinajstić information content (AvgIpc) is 2.51. The van der Waals surface area contributed by atoms with Crippen molar-refractivity contribution in [1.29, 1.82) is 0 Å². The zero-order chi connectivity index (χ0) is 15.7. The maximum Gasteiger partial charge on any atom is 0.317 e. The minimum Gasteiger partial charge on any atom is -0.300 e. The lowest BCUT2D eigenvalue weighted by molar-refractivity contribution is -0.106. The molecule has 0 saturated carbocycles. The Balaban J connectivity index is 1.90. The summed E-state index contributed by atoms with van der Waals surface area (Å²) in [4.78, 5) is 16.1. The topological polar surface area (TPSA) is 87.6 Å². The number of sulfone groups is 1. The molecule has 7 heteroatoms. The van der Waals surface area contributed by atoms with Crippen LogP contribution in [0.5, 0.6) is 0 Å². The van der Waals surface area contributed by atoms with Gasteiger partial charge in [0.15, 0.2) is 0 Å². The number of nitrogens with one attached hydrogen (secondary N) is 2. The summed E-state index contributed by atoms with van der Waals surface area (Å²) in [7, 11) is -4.05. The van der Waals surface area contributed by atoms with Crippen molar-refractivity contribution in [3.63, 3.8) is 0 Å². The summed E-state index contributed by atoms with van der Waals surface area (Å²) in [6.45, 7) is 1.95. The highest BCUT2D eigenvalue weighted by Gasteiger charge is 2.35. The summed E-state index contributed by atoms with van der Waals surface area (Å²) >= 11 is 0. The van der Waals surface area contributed by atoms with Gasteiger partial charge in [-0.05, 0) is 31.2 Å². The molecule has 2 aromatic carbocycles. The van der Waals surface area contributed by atoms with E-state index in [1.54, 1.807) is 30.3 Å². The van der Waals surface area contributed by atoms with Crippen molar-refractivity contribution >= 4 is 32.2 Å². The monoisotopic (exact) mass is 315 g/mol. The van der Waals surface area contributed by atoms with Crippen LogP contribution in [-0.2, 0) is 14.6 Å². The van der Waals surface area contributed by atoms with Gasteiger partial charge < -0.3 is 0 Å². The molecule has 22 heavy (non-hydrogen) atoms. The fourth-order valence-electron chi connectivity index (χ4n) is 2.02. The SMILES string of the molecule is Cc1ccc(NNC2=Nc3ccccc3S(=O)(=O)C2=O)cc1. The molecule has 0 fully saturated rings. The van der Waals surface area contributed by atoms with Crippen LogP contribution in [0.25, 0.3) is 0 Å². The van der Waals surface area contributed by atoms with Crippen LogP contribution in [0, 0.1) is 6.92 Å². The van der Waals surface area contributed by atoms with Crippen molar-refractivity contribution < 1.29 is 13.2 Å². The molecule has 0 spiro atoms. The first-order valence-corrected chi connectivity index (χ1v) is 8.02. The summed E-state index contributed by atoms with van der Waals surface area (Å²) in [5.41, 5.74) is 7.38. The quantitative estimate of drug-likeness (QED) is 0.827. The molecule has 1 aliphatic heterocycles. The van der Waals surface area contributed by atoms with Gasteiger partial charge in [0.2, 0.25) is 15.7 Å². The van der Waals surface area contributed by atoms with Crippen molar-refractivity contribution in [2.24, 2.45) is 4.99 Å². The molecule has 0 saturated heterocycles. The third kappa shape index (κ3) is 2.46.